The highest BCUT2D eigenvalue weighted by molar-refractivity contribution is 6.43. The first-order valence-electron chi connectivity index (χ1n) is 7.75. The van der Waals surface area contributed by atoms with Crippen LogP contribution in [0, 0.1) is 10.1 Å². The van der Waals surface area contributed by atoms with Crippen LogP contribution in [-0.2, 0) is 4.79 Å². The number of aliphatic carboxylic acids is 1. The molecule has 0 aliphatic carbocycles. The molecule has 1 rings (SSSR count). The summed E-state index contributed by atoms with van der Waals surface area (Å²) in [6, 6.07) is 3.24. The van der Waals surface area contributed by atoms with Gasteiger partial charge in [0, 0.05) is 18.1 Å². The van der Waals surface area contributed by atoms with Crippen LogP contribution in [0.1, 0.15) is 31.7 Å². The van der Waals surface area contributed by atoms with E-state index in [0.717, 1.165) is 6.42 Å². The van der Waals surface area contributed by atoms with Gasteiger partial charge in [0.1, 0.15) is 10.8 Å². The fourth-order valence-corrected chi connectivity index (χ4v) is 2.40. The van der Waals surface area contributed by atoms with Crippen molar-refractivity contribution in [2.24, 2.45) is 0 Å². The van der Waals surface area contributed by atoms with Crippen LogP contribution < -0.4 is 10.1 Å². The van der Waals surface area contributed by atoms with E-state index in [1.54, 1.807) is 19.1 Å². The summed E-state index contributed by atoms with van der Waals surface area (Å²) < 4.78 is 5.56. The molecule has 9 heteroatoms. The van der Waals surface area contributed by atoms with Crippen molar-refractivity contribution in [3.8, 4) is 5.75 Å². The number of benzene rings is 1. The summed E-state index contributed by atoms with van der Waals surface area (Å²) in [5.74, 6) is -0.489. The molecule has 0 saturated carbocycles. The quantitative estimate of drug-likeness (QED) is 0.338. The van der Waals surface area contributed by atoms with Crippen LogP contribution in [0.2, 0.25) is 10.0 Å². The predicted octanol–water partition coefficient (Wildman–Crippen LogP) is 3.85. The number of ether oxygens (including phenoxy) is 1. The maximum atomic E-state index is 10.9. The van der Waals surface area contributed by atoms with E-state index < -0.39 is 10.9 Å². The van der Waals surface area contributed by atoms with Gasteiger partial charge >= 0.3 is 5.97 Å². The molecule has 2 N–H and O–H groups in total. The van der Waals surface area contributed by atoms with E-state index >= 15 is 0 Å². The van der Waals surface area contributed by atoms with E-state index in [2.05, 4.69) is 5.32 Å². The third-order valence-electron chi connectivity index (χ3n) is 3.28. The standard InChI is InChI=1S/C16H20Cl2N2O5/c1-2-12(20(23)24)9-11-5-6-13(16(18)15(11)17)25-8-4-3-7-19-10-14(21)22/h5-6,9,19H,2-4,7-8,10H2,1H3,(H,21,22)/b12-9+. The molecule has 0 radical (unpaired) electrons. The summed E-state index contributed by atoms with van der Waals surface area (Å²) in [7, 11) is 0. The zero-order chi connectivity index (χ0) is 18.8. The number of unbranched alkanes of at least 4 members (excludes halogenated alkanes) is 1. The Kier molecular flexibility index (Phi) is 9.26. The average molecular weight is 391 g/mol. The molecule has 1 aromatic rings. The smallest absolute Gasteiger partial charge is 0.317 e. The lowest BCUT2D eigenvalue weighted by Crippen LogP contribution is -2.23. The van der Waals surface area contributed by atoms with Gasteiger partial charge in [-0.1, -0.05) is 30.1 Å². The summed E-state index contributed by atoms with van der Waals surface area (Å²) in [4.78, 5) is 20.8. The number of carbonyl (C=O) groups is 1. The number of rotatable bonds is 11. The van der Waals surface area contributed by atoms with E-state index in [4.69, 9.17) is 33.0 Å². The number of allylic oxidation sites excluding steroid dienone is 1. The summed E-state index contributed by atoms with van der Waals surface area (Å²) in [6.45, 7) is 2.60. The fourth-order valence-electron chi connectivity index (χ4n) is 1.96. The number of hydrogen-bond donors (Lipinski definition) is 2. The molecule has 0 amide bonds. The summed E-state index contributed by atoms with van der Waals surface area (Å²) in [5.41, 5.74) is 0.505. The lowest BCUT2D eigenvalue weighted by Gasteiger charge is -2.10. The first kappa shape index (κ1) is 21.2. The highest BCUT2D eigenvalue weighted by Crippen LogP contribution is 2.36. The highest BCUT2D eigenvalue weighted by Gasteiger charge is 2.14. The second-order valence-corrected chi connectivity index (χ2v) is 5.91. The van der Waals surface area contributed by atoms with Crippen LogP contribution >= 0.6 is 23.2 Å². The van der Waals surface area contributed by atoms with Gasteiger partial charge in [0.05, 0.1) is 23.1 Å². The maximum absolute atomic E-state index is 10.9. The van der Waals surface area contributed by atoms with Crippen molar-refractivity contribution < 1.29 is 19.6 Å². The van der Waals surface area contributed by atoms with Crippen LogP contribution in [0.3, 0.4) is 0 Å². The van der Waals surface area contributed by atoms with Crippen molar-refractivity contribution in [2.45, 2.75) is 26.2 Å². The second-order valence-electron chi connectivity index (χ2n) is 5.15. The van der Waals surface area contributed by atoms with Crippen molar-refractivity contribution in [1.82, 2.24) is 5.32 Å². The van der Waals surface area contributed by atoms with Gasteiger partial charge < -0.3 is 15.2 Å². The van der Waals surface area contributed by atoms with E-state index in [1.165, 1.54) is 6.08 Å². The molecule has 1 aromatic carbocycles. The Morgan fingerprint density at radius 1 is 1.36 bits per heavy atom. The first-order valence-corrected chi connectivity index (χ1v) is 8.50. The van der Waals surface area contributed by atoms with Crippen LogP contribution in [0.4, 0.5) is 0 Å². The Morgan fingerprint density at radius 3 is 2.68 bits per heavy atom. The van der Waals surface area contributed by atoms with E-state index in [0.29, 0.717) is 30.9 Å². The van der Waals surface area contributed by atoms with Crippen molar-refractivity contribution in [2.75, 3.05) is 19.7 Å². The third kappa shape index (κ3) is 7.29. The zero-order valence-corrected chi connectivity index (χ0v) is 15.3. The van der Waals surface area contributed by atoms with Crippen LogP contribution in [0.25, 0.3) is 6.08 Å². The SMILES string of the molecule is CC/C(=C\c1ccc(OCCCCNCC(=O)O)c(Cl)c1Cl)[N+](=O)[O-]. The van der Waals surface area contributed by atoms with Gasteiger partial charge in [-0.25, -0.2) is 0 Å². The molecular formula is C16H20Cl2N2O5. The maximum Gasteiger partial charge on any atom is 0.317 e. The second kappa shape index (κ2) is 10.9. The number of nitrogens with one attached hydrogen (secondary N) is 1. The van der Waals surface area contributed by atoms with Gasteiger partial charge in [-0.3, -0.25) is 14.9 Å². The molecule has 25 heavy (non-hydrogen) atoms. The molecule has 0 bridgehead atoms. The first-order chi connectivity index (χ1) is 11.9. The van der Waals surface area contributed by atoms with Crippen molar-refractivity contribution >= 4 is 35.2 Å². The Bertz CT molecular complexity index is 650. The predicted molar refractivity (Wildman–Crippen MR) is 97.0 cm³/mol. The van der Waals surface area contributed by atoms with E-state index in [9.17, 15) is 14.9 Å². The number of nitrogens with zero attached hydrogens (tertiary/aromatic N) is 1. The Morgan fingerprint density at radius 2 is 2.08 bits per heavy atom. The van der Waals surface area contributed by atoms with Crippen LogP contribution in [-0.4, -0.2) is 35.7 Å². The fraction of sp³-hybridized carbons (Fsp3) is 0.438. The molecule has 0 spiro atoms. The van der Waals surface area contributed by atoms with Crippen molar-refractivity contribution in [3.05, 3.63) is 43.6 Å². The molecule has 0 aromatic heterocycles. The molecule has 0 aliphatic rings. The molecule has 138 valence electrons. The third-order valence-corrected chi connectivity index (χ3v) is 4.16. The zero-order valence-electron chi connectivity index (χ0n) is 13.8. The number of carboxylic acid groups (broad SMARTS) is 1. The Balaban J connectivity index is 2.59. The van der Waals surface area contributed by atoms with Crippen molar-refractivity contribution in [3.63, 3.8) is 0 Å². The van der Waals surface area contributed by atoms with E-state index in [-0.39, 0.29) is 28.7 Å². The van der Waals surface area contributed by atoms with Crippen LogP contribution in [0.5, 0.6) is 5.75 Å². The summed E-state index contributed by atoms with van der Waals surface area (Å²) in [6.07, 6.45) is 3.13. The molecule has 0 aliphatic heterocycles. The van der Waals surface area contributed by atoms with E-state index in [1.807, 2.05) is 0 Å². The topological polar surface area (TPSA) is 102 Å². The Hall–Kier alpha value is -1.83. The van der Waals surface area contributed by atoms with Gasteiger partial charge in [-0.05, 0) is 31.5 Å². The van der Waals surface area contributed by atoms with Gasteiger partial charge in [0.2, 0.25) is 5.70 Å². The lowest BCUT2D eigenvalue weighted by molar-refractivity contribution is -0.425. The molecule has 0 unspecified atom stereocenters. The van der Waals surface area contributed by atoms with Gasteiger partial charge in [0.15, 0.2) is 0 Å². The lowest BCUT2D eigenvalue weighted by atomic mass is 10.1. The number of hydrogen-bond acceptors (Lipinski definition) is 5. The monoisotopic (exact) mass is 390 g/mol. The van der Waals surface area contributed by atoms with Crippen LogP contribution in [0.15, 0.2) is 17.8 Å². The summed E-state index contributed by atoms with van der Waals surface area (Å²) in [5, 5.41) is 22.6. The minimum atomic E-state index is -0.893. The number of nitro groups is 1. The van der Waals surface area contributed by atoms with Gasteiger partial charge in [-0.15, -0.1) is 0 Å². The largest absolute Gasteiger partial charge is 0.492 e. The minimum absolute atomic E-state index is 0.0421. The van der Waals surface area contributed by atoms with Crippen molar-refractivity contribution in [1.29, 1.82) is 0 Å². The number of halogens is 2. The molecule has 0 heterocycles. The number of carboxylic acids is 1. The van der Waals surface area contributed by atoms with Gasteiger partial charge in [-0.2, -0.15) is 0 Å². The molecular weight excluding hydrogens is 371 g/mol. The highest BCUT2D eigenvalue weighted by atomic mass is 35.5. The average Bonchev–Trinajstić information content (AvgIpc) is 2.56. The molecule has 7 nitrogen and oxygen atoms in total. The summed E-state index contributed by atoms with van der Waals surface area (Å²) >= 11 is 12.3. The molecule has 0 atom stereocenters. The minimum Gasteiger partial charge on any atom is -0.492 e. The van der Waals surface area contributed by atoms with Gasteiger partial charge in [0.25, 0.3) is 0 Å². The molecule has 0 saturated heterocycles. The molecule has 0 fully saturated rings. The normalized spacial score (nSPS) is 11.4. The Labute approximate surface area is 155 Å².